The van der Waals surface area contributed by atoms with Gasteiger partial charge in [-0.15, -0.1) is 0 Å². The molecule has 1 saturated carbocycles. The first-order valence-corrected chi connectivity index (χ1v) is 14.5. The first-order chi connectivity index (χ1) is 20.9. The Morgan fingerprint density at radius 3 is 1.43 bits per heavy atom. The Labute approximate surface area is 254 Å². The van der Waals surface area contributed by atoms with Gasteiger partial charge in [-0.25, -0.2) is 0 Å². The summed E-state index contributed by atoms with van der Waals surface area (Å²) in [5, 5.41) is 39.0. The third-order valence-electron chi connectivity index (χ3n) is 7.57. The normalized spacial score (nSPS) is 18.1. The molecule has 0 radical (unpaired) electrons. The van der Waals surface area contributed by atoms with E-state index in [1.807, 2.05) is 4.90 Å². The summed E-state index contributed by atoms with van der Waals surface area (Å²) in [6.45, 7) is 1.29. The molecule has 16 heteroatoms. The van der Waals surface area contributed by atoms with Crippen molar-refractivity contribution in [2.45, 2.75) is 25.3 Å². The second-order valence-corrected chi connectivity index (χ2v) is 11.2. The second-order valence-electron chi connectivity index (χ2n) is 11.2. The number of carbonyl (C=O) groups excluding carboxylic acids is 2. The Morgan fingerprint density at radius 2 is 1.09 bits per heavy atom. The summed E-state index contributed by atoms with van der Waals surface area (Å²) < 4.78 is 0. The van der Waals surface area contributed by atoms with Crippen LogP contribution in [0.1, 0.15) is 18.4 Å². The summed E-state index contributed by atoms with van der Waals surface area (Å²) >= 11 is 0. The molecule has 0 unspecified atom stereocenters. The van der Waals surface area contributed by atoms with E-state index in [1.165, 1.54) is 24.3 Å². The molecule has 1 aliphatic carbocycles. The first kappa shape index (κ1) is 34.5. The summed E-state index contributed by atoms with van der Waals surface area (Å²) in [7, 11) is 0. The molecule has 3 N–H and O–H groups in total. The molecule has 1 amide bonds. The number of nitro benzene ring substituents is 1. The maximum absolute atomic E-state index is 13.5. The maximum Gasteiger partial charge on any atom is 0.317 e. The number of carboxylic acids is 3. The van der Waals surface area contributed by atoms with Crippen LogP contribution >= 0.6 is 0 Å². The molecular formula is C28H40N6O10. The summed E-state index contributed by atoms with van der Waals surface area (Å²) in [6.07, 6.45) is 1.55. The van der Waals surface area contributed by atoms with Crippen LogP contribution in [0.3, 0.4) is 0 Å². The number of amides is 1. The molecule has 16 nitrogen and oxygen atoms in total. The Hall–Kier alpha value is -3.99. The smallest absolute Gasteiger partial charge is 0.317 e. The zero-order chi connectivity index (χ0) is 32.2. The highest BCUT2D eigenvalue weighted by Gasteiger charge is 2.34. The predicted octanol–water partition coefficient (Wildman–Crippen LogP) is -0.827. The van der Waals surface area contributed by atoms with Crippen LogP contribution in [-0.4, -0.2) is 165 Å². The van der Waals surface area contributed by atoms with E-state index >= 15 is 0 Å². The molecule has 242 valence electrons. The van der Waals surface area contributed by atoms with Crippen molar-refractivity contribution < 1.29 is 44.2 Å². The van der Waals surface area contributed by atoms with Crippen LogP contribution < -0.4 is 0 Å². The molecule has 3 rings (SSSR count). The number of nitro groups is 1. The fraction of sp³-hybridized carbons (Fsp3) is 0.607. The number of nitrogens with zero attached hydrogens (tertiary/aromatic N) is 6. The Balaban J connectivity index is 1.69. The van der Waals surface area contributed by atoms with Gasteiger partial charge < -0.3 is 20.2 Å². The highest BCUT2D eigenvalue weighted by molar-refractivity contribution is 5.88. The average Bonchev–Trinajstić information content (AvgIpc) is 3.78. The van der Waals surface area contributed by atoms with Gasteiger partial charge in [0, 0.05) is 77.0 Å². The third-order valence-corrected chi connectivity index (χ3v) is 7.57. The van der Waals surface area contributed by atoms with E-state index in [1.54, 1.807) is 19.6 Å². The van der Waals surface area contributed by atoms with Gasteiger partial charge >= 0.3 is 17.9 Å². The lowest BCUT2D eigenvalue weighted by Crippen LogP contribution is -2.50. The van der Waals surface area contributed by atoms with Crippen molar-refractivity contribution in [3.63, 3.8) is 0 Å². The lowest BCUT2D eigenvalue weighted by atomic mass is 10.1. The van der Waals surface area contributed by atoms with Gasteiger partial charge in [-0.1, -0.05) is 12.1 Å². The minimum absolute atomic E-state index is 0.0192. The lowest BCUT2D eigenvalue weighted by molar-refractivity contribution is -0.384. The first-order valence-electron chi connectivity index (χ1n) is 14.5. The number of non-ortho nitro benzene ring substituents is 1. The van der Waals surface area contributed by atoms with Crippen LogP contribution in [0.4, 0.5) is 5.69 Å². The van der Waals surface area contributed by atoms with Gasteiger partial charge in [0.25, 0.3) is 5.69 Å². The van der Waals surface area contributed by atoms with Gasteiger partial charge in [-0.05, 0) is 18.4 Å². The molecule has 0 spiro atoms. The molecule has 0 bridgehead atoms. The number of carbonyl (C=O) groups is 5. The number of hydrogen-bond acceptors (Lipinski definition) is 11. The molecule has 2 fully saturated rings. The van der Waals surface area contributed by atoms with Crippen LogP contribution in [0, 0.1) is 10.1 Å². The Bertz CT molecular complexity index is 1160. The summed E-state index contributed by atoms with van der Waals surface area (Å²) in [4.78, 5) is 79.6. The minimum atomic E-state index is -1.04. The van der Waals surface area contributed by atoms with Crippen molar-refractivity contribution in [2.24, 2.45) is 0 Å². The van der Waals surface area contributed by atoms with Crippen molar-refractivity contribution >= 4 is 35.3 Å². The van der Waals surface area contributed by atoms with E-state index < -0.39 is 22.8 Å². The van der Waals surface area contributed by atoms with Crippen molar-refractivity contribution in [1.82, 2.24) is 24.5 Å². The van der Waals surface area contributed by atoms with Crippen molar-refractivity contribution in [1.29, 1.82) is 0 Å². The number of hydrogen-bond donors (Lipinski definition) is 3. The van der Waals surface area contributed by atoms with Gasteiger partial charge in [0.2, 0.25) is 5.91 Å². The van der Waals surface area contributed by atoms with Crippen LogP contribution in [-0.2, 0) is 30.4 Å². The predicted molar refractivity (Wildman–Crippen MR) is 155 cm³/mol. The average molecular weight is 621 g/mol. The SMILES string of the molecule is O=C(O)CN1CCN(CC(=O)O)CCN(CC(=O)N(CC(=O)Cc2ccc([N+](=O)[O-])cc2)C2CC2)CCN(CC(=O)O)CC1. The monoisotopic (exact) mass is 620 g/mol. The highest BCUT2D eigenvalue weighted by atomic mass is 16.6. The van der Waals surface area contributed by atoms with E-state index in [0.717, 1.165) is 12.8 Å². The van der Waals surface area contributed by atoms with E-state index in [0.29, 0.717) is 18.7 Å². The third kappa shape index (κ3) is 12.3. The van der Waals surface area contributed by atoms with E-state index in [9.17, 15) is 49.4 Å². The fourth-order valence-electron chi connectivity index (χ4n) is 5.08. The van der Waals surface area contributed by atoms with Crippen LogP contribution in [0.15, 0.2) is 24.3 Å². The van der Waals surface area contributed by atoms with Crippen LogP contribution in [0.25, 0.3) is 0 Å². The molecule has 1 aromatic rings. The molecule has 0 aromatic heterocycles. The van der Waals surface area contributed by atoms with Gasteiger partial charge in [0.15, 0.2) is 5.78 Å². The Kier molecular flexibility index (Phi) is 13.1. The van der Waals surface area contributed by atoms with E-state index in [-0.39, 0.29) is 102 Å². The molecule has 2 aliphatic rings. The molecule has 1 aliphatic heterocycles. The molecule has 44 heavy (non-hydrogen) atoms. The number of benzene rings is 1. The quantitative estimate of drug-likeness (QED) is 0.172. The maximum atomic E-state index is 13.5. The van der Waals surface area contributed by atoms with Crippen molar-refractivity contribution in [3.05, 3.63) is 39.9 Å². The number of Topliss-reactive ketones (excluding diaryl/α,β-unsaturated/α-hetero) is 1. The van der Waals surface area contributed by atoms with Gasteiger partial charge in [-0.3, -0.25) is 53.7 Å². The topological polar surface area (TPSA) is 205 Å². The number of aliphatic carboxylic acids is 3. The number of carboxylic acid groups (broad SMARTS) is 3. The zero-order valence-electron chi connectivity index (χ0n) is 24.6. The largest absolute Gasteiger partial charge is 0.480 e. The molecule has 1 saturated heterocycles. The molecule has 1 heterocycles. The van der Waals surface area contributed by atoms with Crippen molar-refractivity contribution in [3.8, 4) is 0 Å². The van der Waals surface area contributed by atoms with E-state index in [4.69, 9.17) is 0 Å². The lowest BCUT2D eigenvalue weighted by Gasteiger charge is -2.33. The standard InChI is InChI=1S/C28H40N6O10/c35-24(15-21-1-3-23(4-2-21)34(43)44)16-33(22-5-6-22)25(36)17-29-7-9-30(18-26(37)38)11-13-32(20-28(41)42)14-12-31(10-8-29)19-27(39)40/h1-4,22H,5-20H2,(H,37,38)(H,39,40)(H,41,42). The summed E-state index contributed by atoms with van der Waals surface area (Å²) in [5.41, 5.74) is 0.523. The minimum Gasteiger partial charge on any atom is -0.480 e. The molecular weight excluding hydrogens is 580 g/mol. The number of rotatable bonds is 14. The highest BCUT2D eigenvalue weighted by Crippen LogP contribution is 2.27. The fourth-order valence-corrected chi connectivity index (χ4v) is 5.08. The van der Waals surface area contributed by atoms with Gasteiger partial charge in [0.1, 0.15) is 0 Å². The van der Waals surface area contributed by atoms with Gasteiger partial charge in [0.05, 0.1) is 37.6 Å². The summed E-state index contributed by atoms with van der Waals surface area (Å²) in [6, 6.07) is 5.62. The second kappa shape index (κ2) is 16.7. The molecule has 1 aromatic carbocycles. The van der Waals surface area contributed by atoms with E-state index in [2.05, 4.69) is 0 Å². The van der Waals surface area contributed by atoms with Gasteiger partial charge in [-0.2, -0.15) is 0 Å². The number of ketones is 1. The summed E-state index contributed by atoms with van der Waals surface area (Å²) in [5.74, 6) is -3.59. The van der Waals surface area contributed by atoms with Crippen LogP contribution in [0.2, 0.25) is 0 Å². The molecule has 0 atom stereocenters. The zero-order valence-corrected chi connectivity index (χ0v) is 24.6. The van der Waals surface area contributed by atoms with Crippen molar-refractivity contribution in [2.75, 3.05) is 85.1 Å². The van der Waals surface area contributed by atoms with Crippen LogP contribution in [0.5, 0.6) is 0 Å². The Morgan fingerprint density at radius 1 is 0.705 bits per heavy atom.